The number of aromatic nitrogens is 2. The van der Waals surface area contributed by atoms with Crippen LogP contribution in [-0.4, -0.2) is 14.7 Å². The number of nitriles is 1. The van der Waals surface area contributed by atoms with Crippen LogP contribution < -0.4 is 0 Å². The molecule has 0 saturated heterocycles. The van der Waals surface area contributed by atoms with Crippen LogP contribution in [-0.2, 0) is 5.60 Å². The summed E-state index contributed by atoms with van der Waals surface area (Å²) in [6.07, 6.45) is 4.97. The van der Waals surface area contributed by atoms with E-state index in [9.17, 15) is 5.11 Å². The molecule has 0 saturated carbocycles. The van der Waals surface area contributed by atoms with Crippen molar-refractivity contribution >= 4 is 10.8 Å². The summed E-state index contributed by atoms with van der Waals surface area (Å²) in [5.74, 6) is 0. The topological polar surface area (TPSA) is 61.8 Å². The lowest BCUT2D eigenvalue weighted by Crippen LogP contribution is -2.36. The lowest BCUT2D eigenvalue weighted by atomic mass is 9.80. The number of hydrogen-bond donors (Lipinski definition) is 1. The van der Waals surface area contributed by atoms with Gasteiger partial charge in [0, 0.05) is 0 Å². The van der Waals surface area contributed by atoms with Crippen LogP contribution >= 0.6 is 0 Å². The smallest absolute Gasteiger partial charge is 0.131 e. The molecule has 1 aromatic heterocycles. The Balaban J connectivity index is 1.58. The summed E-state index contributed by atoms with van der Waals surface area (Å²) < 4.78 is 2.07. The van der Waals surface area contributed by atoms with Crippen molar-refractivity contribution < 1.29 is 5.11 Å². The maximum absolute atomic E-state index is 11.7. The van der Waals surface area contributed by atoms with Gasteiger partial charge in [-0.25, -0.2) is 4.98 Å². The van der Waals surface area contributed by atoms with E-state index in [-0.39, 0.29) is 6.04 Å². The number of imidazole rings is 1. The third-order valence-electron chi connectivity index (χ3n) is 5.86. The fourth-order valence-electron chi connectivity index (χ4n) is 4.33. The number of aliphatic hydroxyl groups is 1. The molecule has 4 heteroatoms. The summed E-state index contributed by atoms with van der Waals surface area (Å²) in [4.78, 5) is 4.35. The van der Waals surface area contributed by atoms with Crippen LogP contribution in [0.2, 0.25) is 0 Å². The lowest BCUT2D eigenvalue weighted by molar-refractivity contribution is 0.0421. The molecule has 0 radical (unpaired) electrons. The minimum Gasteiger partial charge on any atom is -0.379 e. The second-order valence-electron chi connectivity index (χ2n) is 7.40. The summed E-state index contributed by atoms with van der Waals surface area (Å²) in [6.45, 7) is 0. The van der Waals surface area contributed by atoms with Gasteiger partial charge < -0.3 is 9.67 Å². The van der Waals surface area contributed by atoms with Gasteiger partial charge in [0.25, 0.3) is 0 Å². The van der Waals surface area contributed by atoms with Crippen molar-refractivity contribution in [2.45, 2.75) is 24.5 Å². The number of nitrogens with zero attached hydrogens (tertiary/aromatic N) is 3. The fourth-order valence-corrected chi connectivity index (χ4v) is 4.33. The van der Waals surface area contributed by atoms with Crippen molar-refractivity contribution in [3.8, 4) is 6.07 Å². The molecule has 136 valence electrons. The van der Waals surface area contributed by atoms with Crippen LogP contribution in [0.15, 0.2) is 79.3 Å². The van der Waals surface area contributed by atoms with Gasteiger partial charge in [-0.05, 0) is 52.9 Å². The predicted octanol–water partition coefficient (Wildman–Crippen LogP) is 4.53. The van der Waals surface area contributed by atoms with Crippen molar-refractivity contribution in [3.63, 3.8) is 0 Å². The van der Waals surface area contributed by atoms with Crippen LogP contribution in [0.25, 0.3) is 10.8 Å². The SMILES string of the molecule is N#Cc1ccc([C@H]2CCC(O)(c3ccc4ccccc4c3)c3cncn32)cc1. The predicted molar refractivity (Wildman–Crippen MR) is 108 cm³/mol. The maximum atomic E-state index is 11.7. The van der Waals surface area contributed by atoms with Crippen molar-refractivity contribution in [3.05, 3.63) is 102 Å². The van der Waals surface area contributed by atoms with Crippen LogP contribution in [0, 0.1) is 11.3 Å². The highest BCUT2D eigenvalue weighted by molar-refractivity contribution is 5.83. The molecule has 0 amide bonds. The summed E-state index contributed by atoms with van der Waals surface area (Å²) in [6, 6.07) is 24.3. The van der Waals surface area contributed by atoms with Crippen LogP contribution in [0.4, 0.5) is 0 Å². The van der Waals surface area contributed by atoms with Gasteiger partial charge in [-0.15, -0.1) is 0 Å². The standard InChI is InChI=1S/C24H19N3O/c25-14-17-5-7-19(8-6-17)22-11-12-24(28,23-15-26-16-27(22)23)21-10-9-18-3-1-2-4-20(18)13-21/h1-10,13,15-16,22,28H,11-12H2/t22-,24?/m1/s1. The van der Waals surface area contributed by atoms with Crippen LogP contribution in [0.1, 0.15) is 41.3 Å². The van der Waals surface area contributed by atoms with E-state index >= 15 is 0 Å². The third kappa shape index (κ3) is 2.52. The highest BCUT2D eigenvalue weighted by atomic mass is 16.3. The van der Waals surface area contributed by atoms with Crippen molar-refractivity contribution in [2.75, 3.05) is 0 Å². The largest absolute Gasteiger partial charge is 0.379 e. The molecule has 0 spiro atoms. The molecule has 4 nitrogen and oxygen atoms in total. The van der Waals surface area contributed by atoms with E-state index in [2.05, 4.69) is 39.9 Å². The molecule has 1 aliphatic rings. The Morgan fingerprint density at radius 3 is 2.61 bits per heavy atom. The molecule has 28 heavy (non-hydrogen) atoms. The van der Waals surface area contributed by atoms with Gasteiger partial charge in [-0.2, -0.15) is 5.26 Å². The Bertz CT molecular complexity index is 1200. The second kappa shape index (κ2) is 6.33. The van der Waals surface area contributed by atoms with Gasteiger partial charge in [0.15, 0.2) is 0 Å². The average molecular weight is 365 g/mol. The van der Waals surface area contributed by atoms with Crippen molar-refractivity contribution in [2.24, 2.45) is 0 Å². The molecule has 1 N–H and O–H groups in total. The first-order valence-corrected chi connectivity index (χ1v) is 9.43. The zero-order chi connectivity index (χ0) is 19.1. The summed E-state index contributed by atoms with van der Waals surface area (Å²) in [5.41, 5.74) is 2.41. The van der Waals surface area contributed by atoms with E-state index in [1.54, 1.807) is 12.5 Å². The first-order chi connectivity index (χ1) is 13.7. The van der Waals surface area contributed by atoms with Crippen molar-refractivity contribution in [1.82, 2.24) is 9.55 Å². The molecule has 0 bridgehead atoms. The molecule has 0 aliphatic carbocycles. The number of benzene rings is 3. The minimum absolute atomic E-state index is 0.103. The van der Waals surface area contributed by atoms with E-state index < -0.39 is 5.60 Å². The van der Waals surface area contributed by atoms with Gasteiger partial charge >= 0.3 is 0 Å². The Labute approximate surface area is 163 Å². The van der Waals surface area contributed by atoms with Crippen molar-refractivity contribution in [1.29, 1.82) is 5.26 Å². The normalized spacial score (nSPS) is 21.2. The second-order valence-corrected chi connectivity index (χ2v) is 7.40. The summed E-state index contributed by atoms with van der Waals surface area (Å²) in [5, 5.41) is 23.0. The molecule has 2 heterocycles. The molecule has 1 aliphatic heterocycles. The zero-order valence-corrected chi connectivity index (χ0v) is 15.3. The summed E-state index contributed by atoms with van der Waals surface area (Å²) >= 11 is 0. The molecule has 2 atom stereocenters. The maximum Gasteiger partial charge on any atom is 0.131 e. The molecule has 4 aromatic rings. The molecule has 1 unspecified atom stereocenters. The van der Waals surface area contributed by atoms with E-state index in [4.69, 9.17) is 5.26 Å². The van der Waals surface area contributed by atoms with Gasteiger partial charge in [-0.1, -0.05) is 48.5 Å². The van der Waals surface area contributed by atoms with E-state index in [0.717, 1.165) is 34.0 Å². The molecular formula is C24H19N3O. The average Bonchev–Trinajstić information content (AvgIpc) is 3.25. The van der Waals surface area contributed by atoms with Crippen LogP contribution in [0.5, 0.6) is 0 Å². The third-order valence-corrected chi connectivity index (χ3v) is 5.86. The highest BCUT2D eigenvalue weighted by Crippen LogP contribution is 2.43. The number of hydrogen-bond acceptors (Lipinski definition) is 3. The Kier molecular flexibility index (Phi) is 3.78. The monoisotopic (exact) mass is 365 g/mol. The Hall–Kier alpha value is -3.42. The van der Waals surface area contributed by atoms with Crippen LogP contribution in [0.3, 0.4) is 0 Å². The zero-order valence-electron chi connectivity index (χ0n) is 15.3. The minimum atomic E-state index is -1.07. The van der Waals surface area contributed by atoms with Gasteiger partial charge in [0.05, 0.1) is 35.9 Å². The Morgan fingerprint density at radius 2 is 1.82 bits per heavy atom. The van der Waals surface area contributed by atoms with E-state index in [0.29, 0.717) is 12.0 Å². The first-order valence-electron chi connectivity index (χ1n) is 9.43. The molecule has 0 fully saturated rings. The fraction of sp³-hybridized carbons (Fsp3) is 0.167. The van der Waals surface area contributed by atoms with Gasteiger partial charge in [0.2, 0.25) is 0 Å². The number of fused-ring (bicyclic) bond motifs is 2. The van der Waals surface area contributed by atoms with E-state index in [1.807, 2.05) is 42.5 Å². The van der Waals surface area contributed by atoms with E-state index in [1.165, 1.54) is 0 Å². The van der Waals surface area contributed by atoms with Gasteiger partial charge in [-0.3, -0.25) is 0 Å². The first kappa shape index (κ1) is 16.7. The molecule has 5 rings (SSSR count). The molecule has 3 aromatic carbocycles. The number of rotatable bonds is 2. The highest BCUT2D eigenvalue weighted by Gasteiger charge is 2.40. The quantitative estimate of drug-likeness (QED) is 0.568. The molecular weight excluding hydrogens is 346 g/mol. The van der Waals surface area contributed by atoms with Gasteiger partial charge in [0.1, 0.15) is 5.60 Å². The Morgan fingerprint density at radius 1 is 1.04 bits per heavy atom. The summed E-state index contributed by atoms with van der Waals surface area (Å²) in [7, 11) is 0. The lowest BCUT2D eigenvalue weighted by Gasteiger charge is -2.38.